The van der Waals surface area contributed by atoms with E-state index in [1.165, 1.54) is 10.6 Å². The highest BCUT2D eigenvalue weighted by Crippen LogP contribution is 2.23. The van der Waals surface area contributed by atoms with E-state index < -0.39 is 0 Å². The largest absolute Gasteiger partial charge is 0.454 e. The molecule has 0 N–H and O–H groups in total. The lowest BCUT2D eigenvalue weighted by Gasteiger charge is -2.24. The smallest absolute Gasteiger partial charge is 0.289 e. The number of carbonyl (C=O) groups excluding carboxylic acids is 1. The highest BCUT2D eigenvalue weighted by Gasteiger charge is 2.21. The number of furan rings is 1. The zero-order valence-electron chi connectivity index (χ0n) is 14.6. The van der Waals surface area contributed by atoms with Gasteiger partial charge in [-0.15, -0.1) is 0 Å². The van der Waals surface area contributed by atoms with Gasteiger partial charge in [0, 0.05) is 24.3 Å². The van der Waals surface area contributed by atoms with Crippen molar-refractivity contribution < 1.29 is 9.21 Å². The van der Waals surface area contributed by atoms with Crippen LogP contribution in [0.15, 0.2) is 70.0 Å². The number of hydrogen-bond acceptors (Lipinski definition) is 3. The van der Waals surface area contributed by atoms with Crippen LogP contribution >= 0.6 is 11.6 Å². The first-order chi connectivity index (χ1) is 12.5. The Bertz CT molecular complexity index is 959. The predicted molar refractivity (Wildman–Crippen MR) is 100 cm³/mol. The quantitative estimate of drug-likeness (QED) is 0.682. The molecule has 134 valence electrons. The Morgan fingerprint density at radius 1 is 1.15 bits per heavy atom. The lowest BCUT2D eigenvalue weighted by molar-refractivity contribution is 0.0708. The van der Waals surface area contributed by atoms with Crippen molar-refractivity contribution in [2.45, 2.75) is 19.5 Å². The van der Waals surface area contributed by atoms with Crippen LogP contribution in [0.25, 0.3) is 0 Å². The third-order valence-corrected chi connectivity index (χ3v) is 4.60. The van der Waals surface area contributed by atoms with Gasteiger partial charge in [0.2, 0.25) is 0 Å². The van der Waals surface area contributed by atoms with E-state index in [-0.39, 0.29) is 29.8 Å². The summed E-state index contributed by atoms with van der Waals surface area (Å²) in [5.41, 5.74) is 0.859. The molecule has 0 saturated carbocycles. The van der Waals surface area contributed by atoms with Gasteiger partial charge in [-0.05, 0) is 42.8 Å². The second-order valence-electron chi connectivity index (χ2n) is 6.08. The van der Waals surface area contributed by atoms with Crippen LogP contribution in [-0.2, 0) is 6.54 Å². The maximum Gasteiger partial charge on any atom is 0.289 e. The lowest BCUT2D eigenvalue weighted by Crippen LogP contribution is -2.29. The molecule has 1 unspecified atom stereocenters. The number of pyridine rings is 1. The van der Waals surface area contributed by atoms with Gasteiger partial charge in [-0.3, -0.25) is 9.59 Å². The van der Waals surface area contributed by atoms with Crippen LogP contribution < -0.4 is 5.56 Å². The van der Waals surface area contributed by atoms with E-state index in [1.54, 1.807) is 54.5 Å². The molecule has 1 amide bonds. The number of halogens is 1. The van der Waals surface area contributed by atoms with E-state index in [2.05, 4.69) is 0 Å². The number of amides is 1. The summed E-state index contributed by atoms with van der Waals surface area (Å²) in [4.78, 5) is 26.1. The number of carbonyl (C=O) groups is 1. The van der Waals surface area contributed by atoms with Crippen molar-refractivity contribution in [3.8, 4) is 0 Å². The van der Waals surface area contributed by atoms with Crippen molar-refractivity contribution in [3.63, 3.8) is 0 Å². The molecule has 1 aromatic carbocycles. The molecule has 0 radical (unpaired) electrons. The van der Waals surface area contributed by atoms with Gasteiger partial charge in [-0.2, -0.15) is 0 Å². The summed E-state index contributed by atoms with van der Waals surface area (Å²) in [6.45, 7) is 2.22. The summed E-state index contributed by atoms with van der Waals surface area (Å²) in [5.74, 6) is 0.570. The second-order valence-corrected chi connectivity index (χ2v) is 6.51. The molecule has 0 fully saturated rings. The fourth-order valence-electron chi connectivity index (χ4n) is 2.65. The molecule has 0 bridgehead atoms. The zero-order valence-corrected chi connectivity index (χ0v) is 15.3. The Balaban J connectivity index is 1.73. The molecule has 6 heteroatoms. The average molecular weight is 371 g/mol. The minimum absolute atomic E-state index is 0.120. The van der Waals surface area contributed by atoms with E-state index in [9.17, 15) is 9.59 Å². The molecule has 1 atom stereocenters. The molecule has 2 heterocycles. The van der Waals surface area contributed by atoms with Crippen molar-refractivity contribution in [2.75, 3.05) is 7.05 Å². The summed E-state index contributed by atoms with van der Waals surface area (Å²) in [7, 11) is 1.73. The summed E-state index contributed by atoms with van der Waals surface area (Å²) in [6.07, 6.45) is 1.68. The van der Waals surface area contributed by atoms with Gasteiger partial charge >= 0.3 is 0 Å². The predicted octanol–water partition coefficient (Wildman–Crippen LogP) is 3.98. The summed E-state index contributed by atoms with van der Waals surface area (Å²) in [5, 5.41) is 0.654. The molecular formula is C20H19ClN2O3. The summed E-state index contributed by atoms with van der Waals surface area (Å²) < 4.78 is 7.18. The Kier molecular flexibility index (Phi) is 5.28. The monoisotopic (exact) mass is 370 g/mol. The molecule has 26 heavy (non-hydrogen) atoms. The van der Waals surface area contributed by atoms with E-state index >= 15 is 0 Å². The van der Waals surface area contributed by atoms with Crippen LogP contribution in [0, 0.1) is 0 Å². The van der Waals surface area contributed by atoms with E-state index in [0.717, 1.165) is 5.56 Å². The van der Waals surface area contributed by atoms with E-state index in [1.807, 2.05) is 19.1 Å². The van der Waals surface area contributed by atoms with Crippen LogP contribution in [0.4, 0.5) is 0 Å². The first-order valence-corrected chi connectivity index (χ1v) is 8.60. The first kappa shape index (κ1) is 18.0. The molecule has 0 aliphatic carbocycles. The van der Waals surface area contributed by atoms with Crippen LogP contribution in [0.3, 0.4) is 0 Å². The summed E-state index contributed by atoms with van der Waals surface area (Å²) >= 11 is 5.91. The topological polar surface area (TPSA) is 55.5 Å². The number of aromatic nitrogens is 1. The molecule has 3 rings (SSSR count). The van der Waals surface area contributed by atoms with Gasteiger partial charge in [0.25, 0.3) is 11.5 Å². The third-order valence-electron chi connectivity index (χ3n) is 4.35. The van der Waals surface area contributed by atoms with Gasteiger partial charge in [0.05, 0.1) is 12.6 Å². The van der Waals surface area contributed by atoms with Crippen LogP contribution in [0.5, 0.6) is 0 Å². The van der Waals surface area contributed by atoms with Gasteiger partial charge in [-0.25, -0.2) is 0 Å². The number of rotatable bonds is 5. The van der Waals surface area contributed by atoms with Gasteiger partial charge in [0.15, 0.2) is 5.76 Å². The minimum Gasteiger partial charge on any atom is -0.454 e. The molecule has 0 aliphatic rings. The number of hydrogen-bond donors (Lipinski definition) is 0. The number of nitrogens with zero attached hydrogens (tertiary/aromatic N) is 2. The second kappa shape index (κ2) is 7.62. The van der Waals surface area contributed by atoms with Crippen molar-refractivity contribution >= 4 is 17.5 Å². The Morgan fingerprint density at radius 2 is 1.88 bits per heavy atom. The Hall–Kier alpha value is -2.79. The molecule has 0 saturated heterocycles. The lowest BCUT2D eigenvalue weighted by atomic mass is 10.1. The number of benzene rings is 1. The van der Waals surface area contributed by atoms with Crippen LogP contribution in [-0.4, -0.2) is 22.4 Å². The third kappa shape index (κ3) is 3.89. The van der Waals surface area contributed by atoms with Crippen molar-refractivity contribution in [2.24, 2.45) is 0 Å². The Morgan fingerprint density at radius 3 is 2.58 bits per heavy atom. The van der Waals surface area contributed by atoms with Crippen molar-refractivity contribution in [1.29, 1.82) is 0 Å². The van der Waals surface area contributed by atoms with Crippen LogP contribution in [0.2, 0.25) is 5.02 Å². The first-order valence-electron chi connectivity index (χ1n) is 8.22. The maximum absolute atomic E-state index is 12.7. The van der Waals surface area contributed by atoms with Crippen molar-refractivity contribution in [1.82, 2.24) is 9.47 Å². The molecule has 2 aromatic heterocycles. The molecule has 3 aromatic rings. The molecule has 0 aliphatic heterocycles. The van der Waals surface area contributed by atoms with E-state index in [4.69, 9.17) is 16.0 Å². The SMILES string of the molecule is CC(c1ccc(Cl)cc1)N(C)C(=O)c1ccc(Cn2ccccc2=O)o1. The maximum atomic E-state index is 12.7. The van der Waals surface area contributed by atoms with Gasteiger partial charge < -0.3 is 13.9 Å². The standard InChI is InChI=1S/C20H19ClN2O3/c1-14(15-6-8-16(21)9-7-15)22(2)20(25)18-11-10-17(26-18)13-23-12-4-3-5-19(23)24/h3-12,14H,13H2,1-2H3. The van der Waals surface area contributed by atoms with Gasteiger partial charge in [0.1, 0.15) is 5.76 Å². The fraction of sp³-hybridized carbons (Fsp3) is 0.200. The van der Waals surface area contributed by atoms with Crippen LogP contribution in [0.1, 0.15) is 34.8 Å². The minimum atomic E-state index is -0.223. The summed E-state index contributed by atoms with van der Waals surface area (Å²) in [6, 6.07) is 15.5. The normalized spacial score (nSPS) is 12.0. The molecule has 0 spiro atoms. The Labute approximate surface area is 156 Å². The van der Waals surface area contributed by atoms with E-state index in [0.29, 0.717) is 10.8 Å². The highest BCUT2D eigenvalue weighted by atomic mass is 35.5. The fourth-order valence-corrected chi connectivity index (χ4v) is 2.78. The zero-order chi connectivity index (χ0) is 18.7. The van der Waals surface area contributed by atoms with Crippen molar-refractivity contribution in [3.05, 3.63) is 93.3 Å². The average Bonchev–Trinajstić information content (AvgIpc) is 3.11. The highest BCUT2D eigenvalue weighted by molar-refractivity contribution is 6.30. The van der Waals surface area contributed by atoms with Gasteiger partial charge in [-0.1, -0.05) is 29.8 Å². The molecular weight excluding hydrogens is 352 g/mol. The molecule has 5 nitrogen and oxygen atoms in total.